The Bertz CT molecular complexity index is 1700. The van der Waals surface area contributed by atoms with Crippen LogP contribution < -0.4 is 5.11 Å². The Morgan fingerprint density at radius 1 is 0.408 bits per heavy atom. The summed E-state index contributed by atoms with van der Waals surface area (Å²) in [5.74, 6) is -2.34. The molecule has 9 nitrogen and oxygen atoms in total. The van der Waals surface area contributed by atoms with Gasteiger partial charge in [0.05, 0.1) is 40.3 Å². The van der Waals surface area contributed by atoms with Crippen LogP contribution in [-0.2, 0) is 33.3 Å². The number of carboxylic acid groups (broad SMARTS) is 1. The Labute approximate surface area is 465 Å². The molecule has 0 amide bonds. The second-order valence-corrected chi connectivity index (χ2v) is 20.5. The molecule has 0 rings (SSSR count). The van der Waals surface area contributed by atoms with Crippen molar-refractivity contribution in [2.45, 2.75) is 225 Å². The number of rotatable bonds is 53. The van der Waals surface area contributed by atoms with Gasteiger partial charge in [-0.25, -0.2) is 0 Å². The Hall–Kier alpha value is -4.57. The topological polar surface area (TPSA) is 111 Å². The minimum atomic E-state index is -1.64. The van der Waals surface area contributed by atoms with Crippen LogP contribution in [0.3, 0.4) is 0 Å². The molecule has 0 aromatic rings. The van der Waals surface area contributed by atoms with E-state index < -0.39 is 24.3 Å². The Kier molecular flexibility index (Phi) is 53.2. The molecule has 0 bridgehead atoms. The van der Waals surface area contributed by atoms with E-state index in [-0.39, 0.29) is 38.6 Å². The molecular formula is C67H109NO8. The highest BCUT2D eigenvalue weighted by atomic mass is 16.7. The first-order chi connectivity index (χ1) is 37.1. The molecule has 0 aromatic heterocycles. The van der Waals surface area contributed by atoms with Crippen LogP contribution in [-0.4, -0.2) is 82.3 Å². The van der Waals surface area contributed by atoms with E-state index in [1.165, 1.54) is 51.4 Å². The molecule has 9 heteroatoms. The number of hydrogen-bond donors (Lipinski definition) is 0. The van der Waals surface area contributed by atoms with Gasteiger partial charge in [0.25, 0.3) is 0 Å². The predicted molar refractivity (Wildman–Crippen MR) is 319 cm³/mol. The fourth-order valence-corrected chi connectivity index (χ4v) is 7.56. The molecule has 2 atom stereocenters. The third-order valence-corrected chi connectivity index (χ3v) is 12.1. The van der Waals surface area contributed by atoms with E-state index in [0.717, 1.165) is 128 Å². The summed E-state index contributed by atoms with van der Waals surface area (Å²) in [6, 6.07) is 0. The predicted octanol–water partition coefficient (Wildman–Crippen LogP) is 16.5. The van der Waals surface area contributed by atoms with Crippen LogP contribution in [0.15, 0.2) is 134 Å². The normalized spacial score (nSPS) is 13.8. The highest BCUT2D eigenvalue weighted by molar-refractivity contribution is 5.70. The molecule has 0 saturated carbocycles. The largest absolute Gasteiger partial charge is 0.545 e. The first kappa shape index (κ1) is 71.4. The zero-order valence-electron chi connectivity index (χ0n) is 48.8. The Morgan fingerprint density at radius 3 is 1.13 bits per heavy atom. The molecule has 0 spiro atoms. The zero-order valence-corrected chi connectivity index (χ0v) is 48.8. The smallest absolute Gasteiger partial charge is 0.306 e. The summed E-state index contributed by atoms with van der Waals surface area (Å²) < 4.78 is 22.6. The SMILES string of the molecule is CC/C=C\C/C=C\C/C=C\C/C=C\C/C=C\C/C=C\C/C=C\C/C=C\C/C=C\C/C=C\CCCCCCC(=O)OC(COC(=O)CCCCCCC/C=C\CCCCCCCCC)COC(OCC[N+](C)(C)C)C(=O)[O-]. The van der Waals surface area contributed by atoms with Gasteiger partial charge in [-0.1, -0.05) is 218 Å². The van der Waals surface area contributed by atoms with Gasteiger partial charge in [-0.3, -0.25) is 9.59 Å². The molecule has 0 aromatic carbocycles. The van der Waals surface area contributed by atoms with Crippen LogP contribution in [0.4, 0.5) is 0 Å². The molecule has 0 heterocycles. The average Bonchev–Trinajstić information content (AvgIpc) is 3.39. The number of esters is 2. The van der Waals surface area contributed by atoms with Gasteiger partial charge < -0.3 is 33.3 Å². The summed E-state index contributed by atoms with van der Waals surface area (Å²) in [6.45, 7) is 4.57. The molecule has 0 aliphatic rings. The summed E-state index contributed by atoms with van der Waals surface area (Å²) in [6.07, 6.45) is 77.9. The monoisotopic (exact) mass is 1060 g/mol. The quantitative estimate of drug-likeness (QED) is 0.0195. The van der Waals surface area contributed by atoms with Gasteiger partial charge in [-0.15, -0.1) is 0 Å². The van der Waals surface area contributed by atoms with Crippen molar-refractivity contribution in [1.82, 2.24) is 0 Å². The summed E-state index contributed by atoms with van der Waals surface area (Å²) in [4.78, 5) is 37.3. The lowest BCUT2D eigenvalue weighted by Crippen LogP contribution is -2.44. The van der Waals surface area contributed by atoms with Crippen molar-refractivity contribution in [3.05, 3.63) is 134 Å². The molecule has 0 saturated heterocycles. The molecule has 0 fully saturated rings. The summed E-state index contributed by atoms with van der Waals surface area (Å²) in [7, 11) is 5.90. The highest BCUT2D eigenvalue weighted by Crippen LogP contribution is 2.13. The van der Waals surface area contributed by atoms with Crippen molar-refractivity contribution >= 4 is 17.9 Å². The number of carbonyl (C=O) groups excluding carboxylic acids is 3. The van der Waals surface area contributed by atoms with E-state index in [1.807, 2.05) is 21.1 Å². The first-order valence-electron chi connectivity index (χ1n) is 29.8. The van der Waals surface area contributed by atoms with Gasteiger partial charge >= 0.3 is 11.9 Å². The number of hydrogen-bond acceptors (Lipinski definition) is 8. The lowest BCUT2D eigenvalue weighted by atomic mass is 10.1. The van der Waals surface area contributed by atoms with E-state index in [2.05, 4.69) is 148 Å². The van der Waals surface area contributed by atoms with Crippen LogP contribution in [0.1, 0.15) is 213 Å². The maximum Gasteiger partial charge on any atom is 0.306 e. The Morgan fingerprint density at radius 2 is 0.750 bits per heavy atom. The van der Waals surface area contributed by atoms with Gasteiger partial charge in [0.2, 0.25) is 0 Å². The number of ether oxygens (including phenoxy) is 4. The van der Waals surface area contributed by atoms with E-state index in [0.29, 0.717) is 17.4 Å². The van der Waals surface area contributed by atoms with Gasteiger partial charge in [0.1, 0.15) is 13.2 Å². The Balaban J connectivity index is 4.31. The second-order valence-electron chi connectivity index (χ2n) is 20.5. The van der Waals surface area contributed by atoms with Crippen molar-refractivity contribution in [2.24, 2.45) is 0 Å². The van der Waals surface area contributed by atoms with Crippen molar-refractivity contribution in [2.75, 3.05) is 47.5 Å². The number of carboxylic acids is 1. The fraction of sp³-hybridized carbons (Fsp3) is 0.627. The molecule has 0 aliphatic heterocycles. The third kappa shape index (κ3) is 57.1. The number of aliphatic carboxylic acids is 1. The summed E-state index contributed by atoms with van der Waals surface area (Å²) >= 11 is 0. The molecule has 0 aliphatic carbocycles. The van der Waals surface area contributed by atoms with Crippen molar-refractivity contribution in [1.29, 1.82) is 0 Å². The van der Waals surface area contributed by atoms with Crippen LogP contribution in [0, 0.1) is 0 Å². The fourth-order valence-electron chi connectivity index (χ4n) is 7.56. The molecule has 2 unspecified atom stereocenters. The summed E-state index contributed by atoms with van der Waals surface area (Å²) in [5.41, 5.74) is 0. The van der Waals surface area contributed by atoms with Crippen LogP contribution in [0.25, 0.3) is 0 Å². The molecule has 0 N–H and O–H groups in total. The molecular weight excluding hydrogens is 947 g/mol. The molecule has 76 heavy (non-hydrogen) atoms. The molecule has 0 radical (unpaired) electrons. The number of allylic oxidation sites excluding steroid dienone is 22. The number of quaternary nitrogens is 1. The van der Waals surface area contributed by atoms with E-state index >= 15 is 0 Å². The number of unbranched alkanes of at least 4 members (excludes halogenated alkanes) is 16. The van der Waals surface area contributed by atoms with Crippen LogP contribution >= 0.6 is 0 Å². The van der Waals surface area contributed by atoms with Crippen molar-refractivity contribution in [3.8, 4) is 0 Å². The lowest BCUT2D eigenvalue weighted by molar-refractivity contribution is -0.870. The molecule has 430 valence electrons. The summed E-state index contributed by atoms with van der Waals surface area (Å²) in [5, 5.41) is 11.8. The van der Waals surface area contributed by atoms with Crippen LogP contribution in [0.5, 0.6) is 0 Å². The van der Waals surface area contributed by atoms with Gasteiger partial charge in [0.15, 0.2) is 12.4 Å². The van der Waals surface area contributed by atoms with Crippen molar-refractivity contribution in [3.63, 3.8) is 0 Å². The lowest BCUT2D eigenvalue weighted by Gasteiger charge is -2.26. The van der Waals surface area contributed by atoms with E-state index in [4.69, 9.17) is 18.9 Å². The van der Waals surface area contributed by atoms with E-state index in [9.17, 15) is 19.5 Å². The number of nitrogens with zero attached hydrogens (tertiary/aromatic N) is 1. The number of likely N-dealkylation sites (N-methyl/N-ethyl adjacent to an activating group) is 1. The zero-order chi connectivity index (χ0) is 55.5. The van der Waals surface area contributed by atoms with E-state index in [1.54, 1.807) is 0 Å². The minimum absolute atomic E-state index is 0.134. The third-order valence-electron chi connectivity index (χ3n) is 12.1. The minimum Gasteiger partial charge on any atom is -0.545 e. The standard InChI is InChI=1S/C67H109NO8/c1-6-8-10-12-14-16-18-20-22-24-25-26-27-28-29-30-31-32-33-34-35-36-37-38-39-40-41-42-44-46-48-50-52-54-56-58-65(70)76-63(62-75-67(66(71)72)73-60-59-68(3,4)5)61-74-64(69)57-55-53-51-49-47-45-43-23-21-19-17-15-13-11-9-7-2/h8,10,14,16,20,22-23,25-26,28-29,31-32,34-35,37-38,40-41,43-44,46,63,67H,6-7,9,11-13,15,17-19,21,24,27,30,33,36,39,42,45,47-62H2,1-5H3/b10-8-,16-14-,22-20-,26-25-,29-28-,32-31-,35-34-,38-37-,41-40-,43-23-,46-44-. The maximum absolute atomic E-state index is 12.9. The average molecular weight is 1060 g/mol. The van der Waals surface area contributed by atoms with Gasteiger partial charge in [-0.05, 0) is 116 Å². The highest BCUT2D eigenvalue weighted by Gasteiger charge is 2.22. The maximum atomic E-state index is 12.9. The van der Waals surface area contributed by atoms with Crippen molar-refractivity contribution < 1.29 is 42.9 Å². The first-order valence-corrected chi connectivity index (χ1v) is 29.8. The van der Waals surface area contributed by atoms with Crippen LogP contribution in [0.2, 0.25) is 0 Å². The second kappa shape index (κ2) is 56.6. The van der Waals surface area contributed by atoms with Gasteiger partial charge in [0, 0.05) is 12.8 Å². The number of carbonyl (C=O) groups is 3. The van der Waals surface area contributed by atoms with Gasteiger partial charge in [-0.2, -0.15) is 0 Å².